The van der Waals surface area contributed by atoms with Crippen molar-refractivity contribution in [1.29, 1.82) is 0 Å². The lowest BCUT2D eigenvalue weighted by atomic mass is 10.1. The first kappa shape index (κ1) is 13.5. The minimum absolute atomic E-state index is 0.367. The van der Waals surface area contributed by atoms with Gasteiger partial charge in [0.1, 0.15) is 0 Å². The maximum absolute atomic E-state index is 11.0. The van der Waals surface area contributed by atoms with Crippen LogP contribution in [0.4, 0.5) is 16.2 Å². The molecule has 104 valence electrons. The topological polar surface area (TPSA) is 69.8 Å². The van der Waals surface area contributed by atoms with Crippen LogP contribution in [-0.2, 0) is 6.54 Å². The zero-order valence-electron chi connectivity index (χ0n) is 11.3. The van der Waals surface area contributed by atoms with E-state index in [1.54, 1.807) is 7.05 Å². The summed E-state index contributed by atoms with van der Waals surface area (Å²) >= 11 is 0. The lowest BCUT2D eigenvalue weighted by Gasteiger charge is -2.31. The van der Waals surface area contributed by atoms with Crippen LogP contribution >= 0.6 is 0 Å². The minimum Gasteiger partial charge on any atom is -0.465 e. The molecule has 0 aliphatic carbocycles. The van der Waals surface area contributed by atoms with Gasteiger partial charge in [-0.15, -0.1) is 0 Å². The van der Waals surface area contributed by atoms with Crippen LogP contribution in [0.25, 0.3) is 0 Å². The largest absolute Gasteiger partial charge is 0.465 e. The van der Waals surface area contributed by atoms with Gasteiger partial charge >= 0.3 is 6.09 Å². The molecule has 1 heterocycles. The second-order valence-corrected chi connectivity index (χ2v) is 5.07. The summed E-state index contributed by atoms with van der Waals surface area (Å²) in [6.45, 7) is 2.44. The summed E-state index contributed by atoms with van der Waals surface area (Å²) in [5.41, 5.74) is 8.59. The van der Waals surface area contributed by atoms with E-state index in [4.69, 9.17) is 10.8 Å². The average molecular weight is 263 g/mol. The molecule has 0 unspecified atom stereocenters. The number of anilines is 2. The highest BCUT2D eigenvalue weighted by atomic mass is 16.4. The highest BCUT2D eigenvalue weighted by molar-refractivity contribution is 5.66. The normalized spacial score (nSPS) is 15.3. The molecular formula is C14H21N3O2. The van der Waals surface area contributed by atoms with Gasteiger partial charge in [-0.2, -0.15) is 0 Å². The van der Waals surface area contributed by atoms with Gasteiger partial charge in [0, 0.05) is 31.5 Å². The zero-order valence-corrected chi connectivity index (χ0v) is 11.3. The first-order valence-electron chi connectivity index (χ1n) is 6.65. The van der Waals surface area contributed by atoms with Gasteiger partial charge < -0.3 is 20.6 Å². The van der Waals surface area contributed by atoms with Gasteiger partial charge in [0.05, 0.1) is 6.54 Å². The average Bonchev–Trinajstić information content (AvgIpc) is 2.39. The van der Waals surface area contributed by atoms with E-state index < -0.39 is 6.09 Å². The molecule has 5 heteroatoms. The number of rotatable bonds is 3. The number of nitrogens with zero attached hydrogens (tertiary/aromatic N) is 2. The Balaban J connectivity index is 2.24. The quantitative estimate of drug-likeness (QED) is 0.821. The number of nitrogens with two attached hydrogens (primary N) is 1. The molecule has 1 fully saturated rings. The van der Waals surface area contributed by atoms with E-state index in [1.165, 1.54) is 24.2 Å². The number of carbonyl (C=O) groups is 1. The van der Waals surface area contributed by atoms with Crippen LogP contribution in [0.3, 0.4) is 0 Å². The summed E-state index contributed by atoms with van der Waals surface area (Å²) < 4.78 is 0. The van der Waals surface area contributed by atoms with Crippen molar-refractivity contribution in [2.24, 2.45) is 0 Å². The Morgan fingerprint density at radius 1 is 1.37 bits per heavy atom. The fraction of sp³-hybridized carbons (Fsp3) is 0.500. The van der Waals surface area contributed by atoms with Crippen molar-refractivity contribution < 1.29 is 9.90 Å². The number of amides is 1. The Morgan fingerprint density at radius 3 is 2.68 bits per heavy atom. The molecule has 5 nitrogen and oxygen atoms in total. The van der Waals surface area contributed by atoms with Crippen LogP contribution in [0.1, 0.15) is 24.8 Å². The van der Waals surface area contributed by atoms with Gasteiger partial charge in [-0.3, -0.25) is 0 Å². The molecule has 0 aromatic heterocycles. The van der Waals surface area contributed by atoms with Gasteiger partial charge in [0.2, 0.25) is 0 Å². The molecule has 1 aromatic carbocycles. The molecule has 0 radical (unpaired) electrons. The zero-order chi connectivity index (χ0) is 13.8. The maximum Gasteiger partial charge on any atom is 0.407 e. The number of piperidine rings is 1. The smallest absolute Gasteiger partial charge is 0.407 e. The van der Waals surface area contributed by atoms with Gasteiger partial charge in [0.25, 0.3) is 0 Å². The number of hydrogen-bond acceptors (Lipinski definition) is 3. The van der Waals surface area contributed by atoms with E-state index in [-0.39, 0.29) is 0 Å². The third-order valence-electron chi connectivity index (χ3n) is 3.53. The van der Waals surface area contributed by atoms with Crippen LogP contribution in [0, 0.1) is 0 Å². The number of hydrogen-bond donors (Lipinski definition) is 2. The predicted molar refractivity (Wildman–Crippen MR) is 76.4 cm³/mol. The third-order valence-corrected chi connectivity index (χ3v) is 3.53. The van der Waals surface area contributed by atoms with Crippen LogP contribution in [0.15, 0.2) is 18.2 Å². The molecule has 0 bridgehead atoms. The van der Waals surface area contributed by atoms with E-state index in [0.717, 1.165) is 24.3 Å². The Morgan fingerprint density at radius 2 is 2.05 bits per heavy atom. The molecule has 1 amide bonds. The molecule has 2 rings (SSSR count). The highest BCUT2D eigenvalue weighted by Gasteiger charge is 2.16. The van der Waals surface area contributed by atoms with Crippen LogP contribution in [-0.4, -0.2) is 36.2 Å². The van der Waals surface area contributed by atoms with Crippen LogP contribution in [0.2, 0.25) is 0 Å². The van der Waals surface area contributed by atoms with E-state index >= 15 is 0 Å². The molecule has 1 aliphatic heterocycles. The molecule has 19 heavy (non-hydrogen) atoms. The monoisotopic (exact) mass is 263 g/mol. The van der Waals surface area contributed by atoms with Crippen molar-refractivity contribution in [1.82, 2.24) is 4.90 Å². The summed E-state index contributed by atoms with van der Waals surface area (Å²) in [6, 6.07) is 5.77. The second-order valence-electron chi connectivity index (χ2n) is 5.07. The fourth-order valence-electron chi connectivity index (χ4n) is 2.50. The van der Waals surface area contributed by atoms with Crippen molar-refractivity contribution in [3.8, 4) is 0 Å². The van der Waals surface area contributed by atoms with Crippen molar-refractivity contribution >= 4 is 17.5 Å². The summed E-state index contributed by atoms with van der Waals surface area (Å²) in [6.07, 6.45) is 2.74. The maximum atomic E-state index is 11.0. The van der Waals surface area contributed by atoms with Crippen molar-refractivity contribution in [2.75, 3.05) is 30.8 Å². The van der Waals surface area contributed by atoms with Crippen molar-refractivity contribution in [3.63, 3.8) is 0 Å². The number of nitrogen functional groups attached to an aromatic ring is 1. The SMILES string of the molecule is CN(Cc1cc(N)ccc1N1CCCCC1)C(=O)O. The van der Waals surface area contributed by atoms with Crippen molar-refractivity contribution in [2.45, 2.75) is 25.8 Å². The van der Waals surface area contributed by atoms with Gasteiger partial charge in [-0.05, 0) is 43.0 Å². The van der Waals surface area contributed by atoms with Gasteiger partial charge in [-0.1, -0.05) is 0 Å². The van der Waals surface area contributed by atoms with Crippen LogP contribution < -0.4 is 10.6 Å². The Kier molecular flexibility index (Phi) is 4.14. The molecule has 0 atom stereocenters. The van der Waals surface area contributed by atoms with E-state index in [2.05, 4.69) is 4.90 Å². The Labute approximate surface area is 113 Å². The van der Waals surface area contributed by atoms with Crippen molar-refractivity contribution in [3.05, 3.63) is 23.8 Å². The molecule has 0 saturated carbocycles. The predicted octanol–water partition coefficient (Wildman–Crippen LogP) is 2.37. The minimum atomic E-state index is -0.924. The lowest BCUT2D eigenvalue weighted by Crippen LogP contribution is -2.31. The van der Waals surface area contributed by atoms with E-state index in [9.17, 15) is 4.79 Å². The number of carboxylic acid groups (broad SMARTS) is 1. The highest BCUT2D eigenvalue weighted by Crippen LogP contribution is 2.27. The van der Waals surface area contributed by atoms with Crippen LogP contribution in [0.5, 0.6) is 0 Å². The first-order chi connectivity index (χ1) is 9.08. The summed E-state index contributed by atoms with van der Waals surface area (Å²) in [5, 5.41) is 8.99. The third kappa shape index (κ3) is 3.30. The first-order valence-corrected chi connectivity index (χ1v) is 6.65. The summed E-state index contributed by atoms with van der Waals surface area (Å²) in [4.78, 5) is 14.6. The van der Waals surface area contributed by atoms with Gasteiger partial charge in [0.15, 0.2) is 0 Å². The molecule has 0 spiro atoms. The summed E-state index contributed by atoms with van der Waals surface area (Å²) in [5.74, 6) is 0. The van der Waals surface area contributed by atoms with E-state index in [1.807, 2.05) is 18.2 Å². The fourth-order valence-corrected chi connectivity index (χ4v) is 2.50. The lowest BCUT2D eigenvalue weighted by molar-refractivity contribution is 0.154. The summed E-state index contributed by atoms with van der Waals surface area (Å²) in [7, 11) is 1.57. The number of benzene rings is 1. The second kappa shape index (κ2) is 5.82. The molecule has 1 aromatic rings. The van der Waals surface area contributed by atoms with E-state index in [0.29, 0.717) is 12.2 Å². The van der Waals surface area contributed by atoms with Gasteiger partial charge in [-0.25, -0.2) is 4.79 Å². The molecule has 1 saturated heterocycles. The standard InChI is InChI=1S/C14H21N3O2/c1-16(14(18)19)10-11-9-12(15)5-6-13(11)17-7-3-2-4-8-17/h5-6,9H,2-4,7-8,10,15H2,1H3,(H,18,19). The molecular weight excluding hydrogens is 242 g/mol. The Hall–Kier alpha value is -1.91. The molecule has 3 N–H and O–H groups in total. The molecule has 1 aliphatic rings. The Bertz CT molecular complexity index is 456.